The number of nitrogens with one attached hydrogen (secondary N) is 1. The van der Waals surface area contributed by atoms with Crippen LogP contribution in [-0.4, -0.2) is 23.8 Å². The number of esters is 1. The molecule has 3 atom stereocenters. The molecule has 1 aliphatic carbocycles. The first-order valence-corrected chi connectivity index (χ1v) is 7.57. The molecule has 0 radical (unpaired) electrons. The zero-order chi connectivity index (χ0) is 16.0. The van der Waals surface area contributed by atoms with E-state index < -0.39 is 6.03 Å². The van der Waals surface area contributed by atoms with Crippen molar-refractivity contribution >= 4 is 17.7 Å². The van der Waals surface area contributed by atoms with E-state index in [2.05, 4.69) is 31.3 Å². The van der Waals surface area contributed by atoms with Crippen LogP contribution in [0.3, 0.4) is 0 Å². The molecule has 1 fully saturated rings. The second-order valence-corrected chi connectivity index (χ2v) is 6.35. The zero-order valence-corrected chi connectivity index (χ0v) is 13.4. The van der Waals surface area contributed by atoms with Crippen LogP contribution < -0.4 is 11.2 Å². The van der Waals surface area contributed by atoms with Crippen molar-refractivity contribution in [3.05, 3.63) is 0 Å². The fourth-order valence-corrected chi connectivity index (χ4v) is 2.86. The van der Waals surface area contributed by atoms with E-state index in [0.29, 0.717) is 23.5 Å². The van der Waals surface area contributed by atoms with Crippen LogP contribution in [0.2, 0.25) is 0 Å². The van der Waals surface area contributed by atoms with Gasteiger partial charge in [0.1, 0.15) is 6.10 Å². The Morgan fingerprint density at radius 3 is 2.62 bits per heavy atom. The second kappa shape index (κ2) is 8.00. The highest BCUT2D eigenvalue weighted by molar-refractivity contribution is 5.97. The standard InChI is InChI=1S/C15H27N3O3/c1-9(2)12-6-5-10(3)7-13(12)21-14(19)8-11(4)17-18-15(16)20/h9-10,12-13H,5-8H2,1-4H3,(H3,16,18,20)/b17-11-/t10-,12+,13-/m1/s1. The van der Waals surface area contributed by atoms with Gasteiger partial charge in [-0.3, -0.25) is 4.79 Å². The number of nitrogens with zero attached hydrogens (tertiary/aromatic N) is 1. The van der Waals surface area contributed by atoms with Gasteiger partial charge in [-0.15, -0.1) is 0 Å². The van der Waals surface area contributed by atoms with Crippen LogP contribution in [0.25, 0.3) is 0 Å². The Kier molecular flexibility index (Phi) is 6.65. The number of carbonyl (C=O) groups excluding carboxylic acids is 2. The quantitative estimate of drug-likeness (QED) is 0.463. The Morgan fingerprint density at radius 1 is 1.38 bits per heavy atom. The average Bonchev–Trinajstić information content (AvgIpc) is 2.35. The topological polar surface area (TPSA) is 93.8 Å². The van der Waals surface area contributed by atoms with E-state index in [1.165, 1.54) is 6.42 Å². The monoisotopic (exact) mass is 297 g/mol. The third kappa shape index (κ3) is 6.14. The van der Waals surface area contributed by atoms with Crippen molar-refractivity contribution in [2.45, 2.75) is 59.5 Å². The Balaban J connectivity index is 2.54. The highest BCUT2D eigenvalue weighted by Crippen LogP contribution is 2.35. The number of urea groups is 1. The molecule has 0 bridgehead atoms. The molecule has 0 spiro atoms. The lowest BCUT2D eigenvalue weighted by molar-refractivity contribution is -0.154. The molecule has 6 heteroatoms. The lowest BCUT2D eigenvalue weighted by Crippen LogP contribution is -2.36. The molecule has 0 unspecified atom stereocenters. The maximum atomic E-state index is 12.0. The number of nitrogens with two attached hydrogens (primary N) is 1. The van der Waals surface area contributed by atoms with Crippen molar-refractivity contribution in [3.63, 3.8) is 0 Å². The normalized spacial score (nSPS) is 26.5. The summed E-state index contributed by atoms with van der Waals surface area (Å²) in [7, 11) is 0. The van der Waals surface area contributed by atoms with Crippen molar-refractivity contribution in [3.8, 4) is 0 Å². The summed E-state index contributed by atoms with van der Waals surface area (Å²) in [6, 6.07) is -0.747. The van der Waals surface area contributed by atoms with Crippen molar-refractivity contribution in [1.82, 2.24) is 5.43 Å². The molecule has 0 saturated heterocycles. The predicted molar refractivity (Wildman–Crippen MR) is 81.7 cm³/mol. The van der Waals surface area contributed by atoms with Crippen LogP contribution in [0.1, 0.15) is 53.4 Å². The number of rotatable bonds is 5. The van der Waals surface area contributed by atoms with Crippen molar-refractivity contribution < 1.29 is 14.3 Å². The molecule has 1 rings (SSSR count). The van der Waals surface area contributed by atoms with Crippen LogP contribution in [0.15, 0.2) is 5.10 Å². The SMILES string of the molecule is C/C(CC(=O)O[C@@H]1C[C@H](C)CC[C@H]1C(C)C)=N/NC(N)=O. The molecule has 0 aromatic carbocycles. The van der Waals surface area contributed by atoms with E-state index in [1.807, 2.05) is 0 Å². The Hall–Kier alpha value is -1.59. The fraction of sp³-hybridized carbons (Fsp3) is 0.800. The largest absolute Gasteiger partial charge is 0.462 e. The Labute approximate surface area is 126 Å². The molecule has 2 amide bonds. The number of amides is 2. The molecular weight excluding hydrogens is 270 g/mol. The minimum absolute atomic E-state index is 0.0156. The Morgan fingerprint density at radius 2 is 2.05 bits per heavy atom. The molecule has 6 nitrogen and oxygen atoms in total. The Bertz CT molecular complexity index is 407. The van der Waals surface area contributed by atoms with Gasteiger partial charge in [0.15, 0.2) is 0 Å². The predicted octanol–water partition coefficient (Wildman–Crippen LogP) is 2.42. The molecule has 0 aliphatic heterocycles. The van der Waals surface area contributed by atoms with E-state index in [4.69, 9.17) is 10.5 Å². The first kappa shape index (κ1) is 17.5. The summed E-state index contributed by atoms with van der Waals surface area (Å²) in [6.45, 7) is 8.19. The van der Waals surface area contributed by atoms with E-state index >= 15 is 0 Å². The van der Waals surface area contributed by atoms with Crippen LogP contribution in [0, 0.1) is 17.8 Å². The minimum Gasteiger partial charge on any atom is -0.462 e. The average molecular weight is 297 g/mol. The third-order valence-corrected chi connectivity index (χ3v) is 4.00. The van der Waals surface area contributed by atoms with Crippen LogP contribution >= 0.6 is 0 Å². The maximum absolute atomic E-state index is 12.0. The number of hydrogen-bond acceptors (Lipinski definition) is 4. The van der Waals surface area contributed by atoms with Gasteiger partial charge in [-0.1, -0.05) is 27.2 Å². The first-order valence-electron chi connectivity index (χ1n) is 7.57. The third-order valence-electron chi connectivity index (χ3n) is 4.00. The molecule has 0 heterocycles. The van der Waals surface area contributed by atoms with Gasteiger partial charge in [0, 0.05) is 5.71 Å². The van der Waals surface area contributed by atoms with Crippen molar-refractivity contribution in [2.24, 2.45) is 28.6 Å². The molecular formula is C15H27N3O3. The zero-order valence-electron chi connectivity index (χ0n) is 13.4. The number of carbonyl (C=O) groups is 2. The molecule has 1 aliphatic rings. The van der Waals surface area contributed by atoms with Gasteiger partial charge in [0.2, 0.25) is 0 Å². The summed E-state index contributed by atoms with van der Waals surface area (Å²) in [5.74, 6) is 1.21. The summed E-state index contributed by atoms with van der Waals surface area (Å²) in [4.78, 5) is 22.5. The van der Waals surface area contributed by atoms with E-state index in [1.54, 1.807) is 6.92 Å². The number of hydrazone groups is 1. The van der Waals surface area contributed by atoms with Gasteiger partial charge < -0.3 is 10.5 Å². The molecule has 1 saturated carbocycles. The molecule has 3 N–H and O–H groups in total. The highest BCUT2D eigenvalue weighted by Gasteiger charge is 2.33. The van der Waals surface area contributed by atoms with Crippen LogP contribution in [-0.2, 0) is 9.53 Å². The van der Waals surface area contributed by atoms with E-state index in [0.717, 1.165) is 12.8 Å². The second-order valence-electron chi connectivity index (χ2n) is 6.35. The van der Waals surface area contributed by atoms with Gasteiger partial charge in [0.05, 0.1) is 6.42 Å². The highest BCUT2D eigenvalue weighted by atomic mass is 16.5. The van der Waals surface area contributed by atoms with Gasteiger partial charge in [-0.2, -0.15) is 5.10 Å². The van der Waals surface area contributed by atoms with Gasteiger partial charge in [0.25, 0.3) is 0 Å². The summed E-state index contributed by atoms with van der Waals surface area (Å²) in [5, 5.41) is 3.72. The fourth-order valence-electron chi connectivity index (χ4n) is 2.86. The van der Waals surface area contributed by atoms with E-state index in [-0.39, 0.29) is 18.5 Å². The lowest BCUT2D eigenvalue weighted by Gasteiger charge is -2.36. The number of ether oxygens (including phenoxy) is 1. The minimum atomic E-state index is -0.747. The first-order chi connectivity index (χ1) is 9.79. The number of primary amides is 1. The molecule has 0 aromatic rings. The number of hydrogen-bond donors (Lipinski definition) is 2. The van der Waals surface area contributed by atoms with Crippen molar-refractivity contribution in [1.29, 1.82) is 0 Å². The molecule has 0 aromatic heterocycles. The summed E-state index contributed by atoms with van der Waals surface area (Å²) >= 11 is 0. The van der Waals surface area contributed by atoms with Gasteiger partial charge >= 0.3 is 12.0 Å². The molecule has 21 heavy (non-hydrogen) atoms. The van der Waals surface area contributed by atoms with Crippen LogP contribution in [0.4, 0.5) is 4.79 Å². The summed E-state index contributed by atoms with van der Waals surface area (Å²) < 4.78 is 5.65. The van der Waals surface area contributed by atoms with Crippen molar-refractivity contribution in [2.75, 3.05) is 0 Å². The summed E-state index contributed by atoms with van der Waals surface area (Å²) in [5.41, 5.74) is 7.50. The smallest absolute Gasteiger partial charge is 0.332 e. The summed E-state index contributed by atoms with van der Waals surface area (Å²) in [6.07, 6.45) is 3.27. The maximum Gasteiger partial charge on any atom is 0.332 e. The molecule has 120 valence electrons. The lowest BCUT2D eigenvalue weighted by atomic mass is 9.75. The van der Waals surface area contributed by atoms with E-state index in [9.17, 15) is 9.59 Å². The van der Waals surface area contributed by atoms with Gasteiger partial charge in [-0.05, 0) is 37.5 Å². The van der Waals surface area contributed by atoms with Crippen LogP contribution in [0.5, 0.6) is 0 Å². The van der Waals surface area contributed by atoms with Gasteiger partial charge in [-0.25, -0.2) is 10.2 Å².